The van der Waals surface area contributed by atoms with E-state index in [1.54, 1.807) is 18.2 Å². The number of nitrogens with one attached hydrogen (secondary N) is 1. The Labute approximate surface area is 139 Å². The first-order chi connectivity index (χ1) is 11.8. The Morgan fingerprint density at radius 1 is 0.792 bits per heavy atom. The van der Waals surface area contributed by atoms with Gasteiger partial charge in [-0.25, -0.2) is 0 Å². The highest BCUT2D eigenvalue weighted by atomic mass is 16.7. The lowest BCUT2D eigenvalue weighted by molar-refractivity contribution is 0.102. The van der Waals surface area contributed by atoms with E-state index in [0.717, 1.165) is 16.8 Å². The van der Waals surface area contributed by atoms with Crippen molar-refractivity contribution < 1.29 is 14.3 Å². The van der Waals surface area contributed by atoms with E-state index in [4.69, 9.17) is 9.47 Å². The van der Waals surface area contributed by atoms with Gasteiger partial charge in [-0.15, -0.1) is 0 Å². The van der Waals surface area contributed by atoms with E-state index in [2.05, 4.69) is 17.4 Å². The molecule has 1 aliphatic rings. The Morgan fingerprint density at radius 2 is 1.50 bits per heavy atom. The third-order valence-electron chi connectivity index (χ3n) is 3.88. The molecule has 0 aromatic heterocycles. The van der Waals surface area contributed by atoms with Crippen LogP contribution >= 0.6 is 0 Å². The molecule has 0 atom stereocenters. The van der Waals surface area contributed by atoms with Crippen molar-refractivity contribution in [3.8, 4) is 22.6 Å². The number of rotatable bonds is 3. The van der Waals surface area contributed by atoms with Gasteiger partial charge in [0.15, 0.2) is 11.5 Å². The first-order valence-corrected chi connectivity index (χ1v) is 7.66. The van der Waals surface area contributed by atoms with Crippen LogP contribution in [0.1, 0.15) is 10.4 Å². The van der Waals surface area contributed by atoms with Crippen LogP contribution < -0.4 is 14.8 Å². The van der Waals surface area contributed by atoms with Crippen LogP contribution in [0.3, 0.4) is 0 Å². The predicted molar refractivity (Wildman–Crippen MR) is 92.4 cm³/mol. The van der Waals surface area contributed by atoms with Crippen LogP contribution in [-0.2, 0) is 0 Å². The molecule has 0 saturated heterocycles. The summed E-state index contributed by atoms with van der Waals surface area (Å²) in [6.45, 7) is 0.196. The van der Waals surface area contributed by atoms with Gasteiger partial charge in [-0.1, -0.05) is 42.5 Å². The summed E-state index contributed by atoms with van der Waals surface area (Å²) >= 11 is 0. The zero-order chi connectivity index (χ0) is 16.4. The molecule has 118 valence electrons. The maximum atomic E-state index is 12.4. The molecule has 3 aromatic carbocycles. The van der Waals surface area contributed by atoms with Crippen molar-refractivity contribution in [2.45, 2.75) is 0 Å². The molecule has 0 bridgehead atoms. The SMILES string of the molecule is O=C(Nc1ccc(-c2ccccc2)cc1)c1ccc2c(c1)OCO2. The minimum absolute atomic E-state index is 0.180. The fourth-order valence-corrected chi connectivity index (χ4v) is 2.62. The minimum Gasteiger partial charge on any atom is -0.454 e. The molecule has 1 N–H and O–H groups in total. The maximum absolute atomic E-state index is 12.4. The van der Waals surface area contributed by atoms with E-state index >= 15 is 0 Å². The molecule has 4 rings (SSSR count). The van der Waals surface area contributed by atoms with Gasteiger partial charge >= 0.3 is 0 Å². The monoisotopic (exact) mass is 317 g/mol. The molecule has 1 heterocycles. The Morgan fingerprint density at radius 3 is 2.29 bits per heavy atom. The van der Waals surface area contributed by atoms with Crippen molar-refractivity contribution in [1.82, 2.24) is 0 Å². The average molecular weight is 317 g/mol. The minimum atomic E-state index is -0.180. The number of carbonyl (C=O) groups excluding carboxylic acids is 1. The Kier molecular flexibility index (Phi) is 3.63. The number of carbonyl (C=O) groups is 1. The van der Waals surface area contributed by atoms with Crippen LogP contribution in [-0.4, -0.2) is 12.7 Å². The van der Waals surface area contributed by atoms with E-state index in [9.17, 15) is 4.79 Å². The van der Waals surface area contributed by atoms with Gasteiger partial charge in [0.1, 0.15) is 0 Å². The Hall–Kier alpha value is -3.27. The summed E-state index contributed by atoms with van der Waals surface area (Å²) in [5, 5.41) is 2.89. The molecule has 0 spiro atoms. The maximum Gasteiger partial charge on any atom is 0.255 e. The lowest BCUT2D eigenvalue weighted by Crippen LogP contribution is -2.11. The summed E-state index contributed by atoms with van der Waals surface area (Å²) in [6, 6.07) is 23.0. The van der Waals surface area contributed by atoms with Crippen LogP contribution in [0, 0.1) is 0 Å². The topological polar surface area (TPSA) is 47.6 Å². The molecule has 3 aromatic rings. The summed E-state index contributed by atoms with van der Waals surface area (Å²) in [5.74, 6) is 1.08. The largest absolute Gasteiger partial charge is 0.454 e. The molecule has 0 saturated carbocycles. The number of fused-ring (bicyclic) bond motifs is 1. The molecule has 1 aliphatic heterocycles. The molecule has 4 nitrogen and oxygen atoms in total. The van der Waals surface area contributed by atoms with Crippen molar-refractivity contribution in [2.75, 3.05) is 12.1 Å². The summed E-state index contributed by atoms with van der Waals surface area (Å²) in [5.41, 5.74) is 3.53. The smallest absolute Gasteiger partial charge is 0.255 e. The summed E-state index contributed by atoms with van der Waals surface area (Å²) in [6.07, 6.45) is 0. The normalized spacial score (nSPS) is 12.0. The first kappa shape index (κ1) is 14.3. The van der Waals surface area contributed by atoms with E-state index in [1.165, 1.54) is 0 Å². The van der Waals surface area contributed by atoms with Crippen molar-refractivity contribution in [1.29, 1.82) is 0 Å². The number of ether oxygens (including phenoxy) is 2. The third-order valence-corrected chi connectivity index (χ3v) is 3.88. The molecule has 24 heavy (non-hydrogen) atoms. The van der Waals surface area contributed by atoms with E-state index in [1.807, 2.05) is 42.5 Å². The zero-order valence-corrected chi connectivity index (χ0v) is 12.9. The number of hydrogen-bond donors (Lipinski definition) is 1. The second kappa shape index (κ2) is 6.08. The molecule has 0 unspecified atom stereocenters. The summed E-state index contributed by atoms with van der Waals surface area (Å²) < 4.78 is 10.6. The van der Waals surface area contributed by atoms with Gasteiger partial charge in [0.25, 0.3) is 5.91 Å². The van der Waals surface area contributed by atoms with Gasteiger partial charge in [0.2, 0.25) is 6.79 Å². The summed E-state index contributed by atoms with van der Waals surface area (Å²) in [4.78, 5) is 12.4. The van der Waals surface area contributed by atoms with Crippen molar-refractivity contribution in [3.63, 3.8) is 0 Å². The highest BCUT2D eigenvalue weighted by molar-refractivity contribution is 6.04. The van der Waals surface area contributed by atoms with E-state index in [0.29, 0.717) is 17.1 Å². The van der Waals surface area contributed by atoms with Crippen LogP contribution in [0.4, 0.5) is 5.69 Å². The van der Waals surface area contributed by atoms with Crippen LogP contribution in [0.25, 0.3) is 11.1 Å². The second-order valence-corrected chi connectivity index (χ2v) is 5.47. The molecule has 0 radical (unpaired) electrons. The highest BCUT2D eigenvalue weighted by Crippen LogP contribution is 2.32. The fourth-order valence-electron chi connectivity index (χ4n) is 2.62. The van der Waals surface area contributed by atoms with Gasteiger partial charge in [-0.05, 0) is 41.5 Å². The number of hydrogen-bond acceptors (Lipinski definition) is 3. The van der Waals surface area contributed by atoms with Crippen molar-refractivity contribution >= 4 is 11.6 Å². The number of anilines is 1. The Bertz CT molecular complexity index is 873. The average Bonchev–Trinajstić information content (AvgIpc) is 3.11. The molecule has 1 amide bonds. The molecule has 0 aliphatic carbocycles. The Balaban J connectivity index is 1.50. The molecular weight excluding hydrogens is 302 g/mol. The van der Waals surface area contributed by atoms with Crippen LogP contribution in [0.2, 0.25) is 0 Å². The van der Waals surface area contributed by atoms with Gasteiger partial charge in [0, 0.05) is 11.3 Å². The number of amides is 1. The quantitative estimate of drug-likeness (QED) is 0.782. The summed E-state index contributed by atoms with van der Waals surface area (Å²) in [7, 11) is 0. The van der Waals surface area contributed by atoms with E-state index < -0.39 is 0 Å². The third kappa shape index (κ3) is 2.82. The lowest BCUT2D eigenvalue weighted by Gasteiger charge is -2.07. The highest BCUT2D eigenvalue weighted by Gasteiger charge is 2.16. The van der Waals surface area contributed by atoms with Crippen molar-refractivity contribution in [3.05, 3.63) is 78.4 Å². The predicted octanol–water partition coefficient (Wildman–Crippen LogP) is 4.33. The molecule has 4 heteroatoms. The molecule has 0 fully saturated rings. The molecular formula is C20H15NO3. The van der Waals surface area contributed by atoms with Gasteiger partial charge in [-0.2, -0.15) is 0 Å². The number of benzene rings is 3. The van der Waals surface area contributed by atoms with Crippen LogP contribution in [0.15, 0.2) is 72.8 Å². The van der Waals surface area contributed by atoms with Gasteiger partial charge in [-0.3, -0.25) is 4.79 Å². The first-order valence-electron chi connectivity index (χ1n) is 7.66. The lowest BCUT2D eigenvalue weighted by atomic mass is 10.1. The van der Waals surface area contributed by atoms with E-state index in [-0.39, 0.29) is 12.7 Å². The van der Waals surface area contributed by atoms with Crippen molar-refractivity contribution in [2.24, 2.45) is 0 Å². The standard InChI is InChI=1S/C20H15NO3/c22-20(16-8-11-18-19(12-16)24-13-23-18)21-17-9-6-15(7-10-17)14-4-2-1-3-5-14/h1-12H,13H2,(H,21,22). The van der Waals surface area contributed by atoms with Gasteiger partial charge in [0.05, 0.1) is 0 Å². The second-order valence-electron chi connectivity index (χ2n) is 5.47. The van der Waals surface area contributed by atoms with Crippen LogP contribution in [0.5, 0.6) is 11.5 Å². The zero-order valence-electron chi connectivity index (χ0n) is 12.9. The van der Waals surface area contributed by atoms with Gasteiger partial charge < -0.3 is 14.8 Å². The fraction of sp³-hybridized carbons (Fsp3) is 0.0500.